The molecule has 0 heterocycles. The van der Waals surface area contributed by atoms with E-state index in [4.69, 9.17) is 14.7 Å². The number of nitriles is 1. The van der Waals surface area contributed by atoms with E-state index in [9.17, 15) is 4.79 Å². The first-order valence-electron chi connectivity index (χ1n) is 6.81. The minimum atomic E-state index is -0.414. The van der Waals surface area contributed by atoms with Crippen LogP contribution in [-0.2, 0) is 4.79 Å². The Morgan fingerprint density at radius 3 is 2.70 bits per heavy atom. The minimum absolute atomic E-state index is 0.224. The van der Waals surface area contributed by atoms with Gasteiger partial charge in [-0.05, 0) is 42.0 Å². The molecule has 6 heteroatoms. The standard InChI is InChI=1S/C17H15N3O3/c1-22-15-8-6-13(7-9-15)11-19-20-17(21)12-23-16-5-3-2-4-14(16)10-18/h2-9,11H,12H2,1H3,(H,20,21). The summed E-state index contributed by atoms with van der Waals surface area (Å²) in [7, 11) is 1.59. The monoisotopic (exact) mass is 309 g/mol. The molecule has 2 rings (SSSR count). The van der Waals surface area contributed by atoms with Crippen LogP contribution in [0.5, 0.6) is 11.5 Å². The summed E-state index contributed by atoms with van der Waals surface area (Å²) >= 11 is 0. The van der Waals surface area contributed by atoms with E-state index < -0.39 is 5.91 Å². The number of rotatable bonds is 6. The van der Waals surface area contributed by atoms with Crippen LogP contribution in [0.15, 0.2) is 53.6 Å². The second-order valence-corrected chi connectivity index (χ2v) is 4.46. The zero-order valence-electron chi connectivity index (χ0n) is 12.5. The summed E-state index contributed by atoms with van der Waals surface area (Å²) in [4.78, 5) is 11.7. The van der Waals surface area contributed by atoms with E-state index in [2.05, 4.69) is 10.5 Å². The van der Waals surface area contributed by atoms with Gasteiger partial charge in [0.2, 0.25) is 0 Å². The van der Waals surface area contributed by atoms with Gasteiger partial charge in [-0.25, -0.2) is 5.43 Å². The Hall–Kier alpha value is -3.33. The number of methoxy groups -OCH3 is 1. The minimum Gasteiger partial charge on any atom is -0.497 e. The Bertz CT molecular complexity index is 733. The summed E-state index contributed by atoms with van der Waals surface area (Å²) in [6.45, 7) is -0.224. The van der Waals surface area contributed by atoms with Crippen LogP contribution in [-0.4, -0.2) is 25.8 Å². The maximum atomic E-state index is 11.7. The van der Waals surface area contributed by atoms with Gasteiger partial charge >= 0.3 is 0 Å². The van der Waals surface area contributed by atoms with Crippen LogP contribution in [0.2, 0.25) is 0 Å². The molecule has 2 aromatic rings. The van der Waals surface area contributed by atoms with E-state index in [0.29, 0.717) is 11.3 Å². The summed E-state index contributed by atoms with van der Waals surface area (Å²) < 4.78 is 10.3. The van der Waals surface area contributed by atoms with Crippen molar-refractivity contribution in [3.8, 4) is 17.6 Å². The Balaban J connectivity index is 1.83. The lowest BCUT2D eigenvalue weighted by Gasteiger charge is -2.06. The first-order chi connectivity index (χ1) is 11.2. The predicted octanol–water partition coefficient (Wildman–Crippen LogP) is 2.10. The first kappa shape index (κ1) is 16.0. The first-order valence-corrected chi connectivity index (χ1v) is 6.81. The van der Waals surface area contributed by atoms with Gasteiger partial charge in [0.05, 0.1) is 18.9 Å². The molecule has 0 spiro atoms. The Morgan fingerprint density at radius 1 is 1.26 bits per heavy atom. The van der Waals surface area contributed by atoms with Crippen LogP contribution in [0.1, 0.15) is 11.1 Å². The highest BCUT2D eigenvalue weighted by Gasteiger charge is 2.05. The zero-order valence-corrected chi connectivity index (χ0v) is 12.5. The molecular formula is C17H15N3O3. The summed E-state index contributed by atoms with van der Waals surface area (Å²) in [6.07, 6.45) is 1.51. The van der Waals surface area contributed by atoms with E-state index in [0.717, 1.165) is 11.3 Å². The van der Waals surface area contributed by atoms with Gasteiger partial charge in [-0.1, -0.05) is 12.1 Å². The number of nitrogens with zero attached hydrogens (tertiary/aromatic N) is 2. The van der Waals surface area contributed by atoms with E-state index in [1.165, 1.54) is 6.21 Å². The highest BCUT2D eigenvalue weighted by molar-refractivity contribution is 5.83. The molecule has 1 amide bonds. The Morgan fingerprint density at radius 2 is 2.00 bits per heavy atom. The van der Waals surface area contributed by atoms with Gasteiger partial charge in [0.25, 0.3) is 5.91 Å². The maximum absolute atomic E-state index is 11.7. The van der Waals surface area contributed by atoms with Crippen molar-refractivity contribution in [3.05, 3.63) is 59.7 Å². The van der Waals surface area contributed by atoms with E-state index in [-0.39, 0.29) is 6.61 Å². The fraction of sp³-hybridized carbons (Fsp3) is 0.118. The number of carbonyl (C=O) groups excluding carboxylic acids is 1. The molecule has 0 fully saturated rings. The number of para-hydroxylation sites is 1. The lowest BCUT2D eigenvalue weighted by atomic mass is 10.2. The van der Waals surface area contributed by atoms with Crippen molar-refractivity contribution >= 4 is 12.1 Å². The number of hydrazone groups is 1. The molecule has 0 radical (unpaired) electrons. The zero-order chi connectivity index (χ0) is 16.5. The molecule has 0 atom stereocenters. The van der Waals surface area contributed by atoms with Crippen LogP contribution >= 0.6 is 0 Å². The van der Waals surface area contributed by atoms with Gasteiger partial charge < -0.3 is 9.47 Å². The molecule has 6 nitrogen and oxygen atoms in total. The van der Waals surface area contributed by atoms with Crippen molar-refractivity contribution in [3.63, 3.8) is 0 Å². The van der Waals surface area contributed by atoms with Crippen LogP contribution in [0.3, 0.4) is 0 Å². The van der Waals surface area contributed by atoms with E-state index in [1.54, 1.807) is 43.5 Å². The molecule has 0 bridgehead atoms. The summed E-state index contributed by atoms with van der Waals surface area (Å²) in [5.74, 6) is 0.697. The topological polar surface area (TPSA) is 83.7 Å². The molecule has 1 N–H and O–H groups in total. The lowest BCUT2D eigenvalue weighted by molar-refractivity contribution is -0.123. The van der Waals surface area contributed by atoms with Gasteiger partial charge in [-0.2, -0.15) is 10.4 Å². The fourth-order valence-electron chi connectivity index (χ4n) is 1.73. The predicted molar refractivity (Wildman–Crippen MR) is 85.4 cm³/mol. The third kappa shape index (κ3) is 4.86. The number of nitrogens with one attached hydrogen (secondary N) is 1. The van der Waals surface area contributed by atoms with Crippen LogP contribution in [0.25, 0.3) is 0 Å². The van der Waals surface area contributed by atoms with Crippen molar-refractivity contribution < 1.29 is 14.3 Å². The molecular weight excluding hydrogens is 294 g/mol. The van der Waals surface area contributed by atoms with Crippen LogP contribution in [0.4, 0.5) is 0 Å². The number of carbonyl (C=O) groups is 1. The Labute approximate surface area is 134 Å². The molecule has 23 heavy (non-hydrogen) atoms. The largest absolute Gasteiger partial charge is 0.497 e. The molecule has 2 aromatic carbocycles. The smallest absolute Gasteiger partial charge is 0.277 e. The van der Waals surface area contributed by atoms with Gasteiger partial charge in [0.1, 0.15) is 17.6 Å². The van der Waals surface area contributed by atoms with Gasteiger partial charge in [-0.3, -0.25) is 4.79 Å². The van der Waals surface area contributed by atoms with E-state index in [1.807, 2.05) is 18.2 Å². The molecule has 0 aliphatic heterocycles. The number of hydrogen-bond donors (Lipinski definition) is 1. The van der Waals surface area contributed by atoms with Gasteiger partial charge in [0.15, 0.2) is 6.61 Å². The van der Waals surface area contributed by atoms with Gasteiger partial charge in [0, 0.05) is 0 Å². The lowest BCUT2D eigenvalue weighted by Crippen LogP contribution is -2.24. The summed E-state index contributed by atoms with van der Waals surface area (Å²) in [5, 5.41) is 12.8. The maximum Gasteiger partial charge on any atom is 0.277 e. The molecule has 0 saturated carbocycles. The average Bonchev–Trinajstić information content (AvgIpc) is 2.60. The number of benzene rings is 2. The molecule has 0 aliphatic rings. The van der Waals surface area contributed by atoms with Gasteiger partial charge in [-0.15, -0.1) is 0 Å². The van der Waals surface area contributed by atoms with Crippen molar-refractivity contribution in [1.82, 2.24) is 5.43 Å². The SMILES string of the molecule is COc1ccc(C=NNC(=O)COc2ccccc2C#N)cc1. The number of ether oxygens (including phenoxy) is 2. The van der Waals surface area contributed by atoms with Crippen molar-refractivity contribution in [2.24, 2.45) is 5.10 Å². The molecule has 0 saturated heterocycles. The second-order valence-electron chi connectivity index (χ2n) is 4.46. The molecule has 116 valence electrons. The highest BCUT2D eigenvalue weighted by atomic mass is 16.5. The van der Waals surface area contributed by atoms with Crippen LogP contribution in [0, 0.1) is 11.3 Å². The quantitative estimate of drug-likeness (QED) is 0.654. The number of hydrogen-bond acceptors (Lipinski definition) is 5. The molecule has 0 aromatic heterocycles. The van der Waals surface area contributed by atoms with Crippen molar-refractivity contribution in [2.75, 3.05) is 13.7 Å². The third-order valence-electron chi connectivity index (χ3n) is 2.88. The van der Waals surface area contributed by atoms with Crippen molar-refractivity contribution in [2.45, 2.75) is 0 Å². The molecule has 0 aliphatic carbocycles. The molecule has 0 unspecified atom stereocenters. The third-order valence-corrected chi connectivity index (χ3v) is 2.88. The van der Waals surface area contributed by atoms with Crippen molar-refractivity contribution in [1.29, 1.82) is 5.26 Å². The average molecular weight is 309 g/mol. The highest BCUT2D eigenvalue weighted by Crippen LogP contribution is 2.16. The summed E-state index contributed by atoms with van der Waals surface area (Å²) in [6, 6.07) is 15.9. The normalized spacial score (nSPS) is 10.1. The second kappa shape index (κ2) is 8.20. The summed E-state index contributed by atoms with van der Waals surface area (Å²) in [5.41, 5.74) is 3.56. The van der Waals surface area contributed by atoms with Crippen LogP contribution < -0.4 is 14.9 Å². The number of amides is 1. The Kier molecular flexibility index (Phi) is 5.72. The van der Waals surface area contributed by atoms with E-state index >= 15 is 0 Å². The fourth-order valence-corrected chi connectivity index (χ4v) is 1.73.